The zero-order valence-corrected chi connectivity index (χ0v) is 10.4. The van der Waals surface area contributed by atoms with Crippen molar-refractivity contribution >= 4 is 22.6 Å². The number of H-pyrrole nitrogens is 1. The van der Waals surface area contributed by atoms with Crippen LogP contribution in [0.25, 0.3) is 10.9 Å². The molecule has 0 unspecified atom stereocenters. The van der Waals surface area contributed by atoms with E-state index in [4.69, 9.17) is 4.74 Å². The van der Waals surface area contributed by atoms with Crippen LogP contribution in [0.4, 0.5) is 5.69 Å². The lowest BCUT2D eigenvalue weighted by atomic mass is 10.2. The van der Waals surface area contributed by atoms with Gasteiger partial charge in [-0.3, -0.25) is 5.10 Å². The first kappa shape index (κ1) is 12.2. The Kier molecular flexibility index (Phi) is 3.62. The first-order valence-electron chi connectivity index (χ1n) is 5.74. The zero-order valence-electron chi connectivity index (χ0n) is 10.4. The topological polar surface area (TPSA) is 67.0 Å². The SMILES string of the molecule is CCOC(=O)/C=C(\C)Nc1ccc2cn[nH]c2c1. The lowest BCUT2D eigenvalue weighted by molar-refractivity contribution is -0.137. The van der Waals surface area contributed by atoms with Crippen molar-refractivity contribution in [3.8, 4) is 0 Å². The molecule has 0 aliphatic carbocycles. The smallest absolute Gasteiger partial charge is 0.332 e. The van der Waals surface area contributed by atoms with E-state index in [9.17, 15) is 4.79 Å². The van der Waals surface area contributed by atoms with E-state index in [0.717, 1.165) is 22.3 Å². The number of allylic oxidation sites excluding steroid dienone is 1. The van der Waals surface area contributed by atoms with Crippen molar-refractivity contribution in [2.75, 3.05) is 11.9 Å². The molecular weight excluding hydrogens is 230 g/mol. The molecule has 5 heteroatoms. The van der Waals surface area contributed by atoms with Crippen LogP contribution in [0.2, 0.25) is 0 Å². The van der Waals surface area contributed by atoms with Crippen LogP contribution < -0.4 is 5.32 Å². The highest BCUT2D eigenvalue weighted by molar-refractivity contribution is 5.84. The minimum absolute atomic E-state index is 0.342. The second-order valence-corrected chi connectivity index (χ2v) is 3.88. The summed E-state index contributed by atoms with van der Waals surface area (Å²) in [6.07, 6.45) is 3.20. The number of aromatic amines is 1. The molecule has 2 rings (SSSR count). The van der Waals surface area contributed by atoms with Gasteiger partial charge in [-0.15, -0.1) is 0 Å². The molecule has 1 aromatic heterocycles. The molecule has 0 radical (unpaired) electrons. The summed E-state index contributed by atoms with van der Waals surface area (Å²) in [5.74, 6) is -0.342. The van der Waals surface area contributed by atoms with Crippen LogP contribution in [-0.2, 0) is 9.53 Å². The second kappa shape index (κ2) is 5.35. The van der Waals surface area contributed by atoms with Crippen LogP contribution in [0, 0.1) is 0 Å². The Morgan fingerprint density at radius 3 is 3.17 bits per heavy atom. The molecule has 94 valence electrons. The largest absolute Gasteiger partial charge is 0.463 e. The summed E-state index contributed by atoms with van der Waals surface area (Å²) < 4.78 is 4.84. The summed E-state index contributed by atoms with van der Waals surface area (Å²) in [5.41, 5.74) is 2.57. The van der Waals surface area contributed by atoms with Gasteiger partial charge in [-0.25, -0.2) is 4.79 Å². The maximum Gasteiger partial charge on any atom is 0.332 e. The van der Waals surface area contributed by atoms with Crippen LogP contribution in [0.3, 0.4) is 0 Å². The molecule has 0 saturated carbocycles. The van der Waals surface area contributed by atoms with E-state index in [2.05, 4.69) is 15.5 Å². The number of benzene rings is 1. The highest BCUT2D eigenvalue weighted by Crippen LogP contribution is 2.17. The number of nitrogens with zero attached hydrogens (tertiary/aromatic N) is 1. The summed E-state index contributed by atoms with van der Waals surface area (Å²) in [6.45, 7) is 3.97. The van der Waals surface area contributed by atoms with Gasteiger partial charge in [0.1, 0.15) is 0 Å². The summed E-state index contributed by atoms with van der Waals surface area (Å²) in [5, 5.41) is 11.0. The molecule has 2 aromatic rings. The Labute approximate surface area is 105 Å². The van der Waals surface area contributed by atoms with E-state index in [1.807, 2.05) is 25.1 Å². The van der Waals surface area contributed by atoms with Crippen LogP contribution in [0.5, 0.6) is 0 Å². The molecule has 1 heterocycles. The van der Waals surface area contributed by atoms with Gasteiger partial charge < -0.3 is 10.1 Å². The Hall–Kier alpha value is -2.30. The maximum atomic E-state index is 11.3. The molecule has 18 heavy (non-hydrogen) atoms. The lowest BCUT2D eigenvalue weighted by Gasteiger charge is -2.06. The van der Waals surface area contributed by atoms with Gasteiger partial charge in [0.25, 0.3) is 0 Å². The van der Waals surface area contributed by atoms with Gasteiger partial charge in [-0.1, -0.05) is 0 Å². The van der Waals surface area contributed by atoms with E-state index in [0.29, 0.717) is 6.61 Å². The summed E-state index contributed by atoms with van der Waals surface area (Å²) in [7, 11) is 0. The number of hydrogen-bond acceptors (Lipinski definition) is 4. The molecule has 5 nitrogen and oxygen atoms in total. The second-order valence-electron chi connectivity index (χ2n) is 3.88. The summed E-state index contributed by atoms with van der Waals surface area (Å²) >= 11 is 0. The van der Waals surface area contributed by atoms with Crippen molar-refractivity contribution in [3.63, 3.8) is 0 Å². The van der Waals surface area contributed by atoms with Crippen molar-refractivity contribution in [1.29, 1.82) is 0 Å². The first-order chi connectivity index (χ1) is 8.69. The number of carbonyl (C=O) groups excluding carboxylic acids is 1. The fraction of sp³-hybridized carbons (Fsp3) is 0.231. The molecule has 0 spiro atoms. The minimum atomic E-state index is -0.342. The predicted octanol–water partition coefficient (Wildman–Crippen LogP) is 2.44. The normalized spacial score (nSPS) is 11.6. The van der Waals surface area contributed by atoms with Gasteiger partial charge in [0.15, 0.2) is 0 Å². The molecule has 1 aromatic carbocycles. The first-order valence-corrected chi connectivity index (χ1v) is 5.74. The number of ether oxygens (including phenoxy) is 1. The van der Waals surface area contributed by atoms with Crippen molar-refractivity contribution in [3.05, 3.63) is 36.2 Å². The molecule has 0 atom stereocenters. The fourth-order valence-electron chi connectivity index (χ4n) is 1.64. The summed E-state index contributed by atoms with van der Waals surface area (Å²) in [4.78, 5) is 11.3. The van der Waals surface area contributed by atoms with Crippen molar-refractivity contribution in [2.24, 2.45) is 0 Å². The number of aromatic nitrogens is 2. The van der Waals surface area contributed by atoms with Gasteiger partial charge in [-0.2, -0.15) is 5.10 Å². The standard InChI is InChI=1S/C13H15N3O2/c1-3-18-13(17)6-9(2)15-11-5-4-10-8-14-16-12(10)7-11/h4-8,15H,3H2,1-2H3,(H,14,16)/b9-6+. The third kappa shape index (κ3) is 2.88. The highest BCUT2D eigenvalue weighted by Gasteiger charge is 2.01. The Morgan fingerprint density at radius 1 is 1.56 bits per heavy atom. The third-order valence-electron chi connectivity index (χ3n) is 2.40. The third-order valence-corrected chi connectivity index (χ3v) is 2.40. The number of nitrogens with one attached hydrogen (secondary N) is 2. The number of hydrogen-bond donors (Lipinski definition) is 2. The zero-order chi connectivity index (χ0) is 13.0. The van der Waals surface area contributed by atoms with Crippen molar-refractivity contribution < 1.29 is 9.53 Å². The highest BCUT2D eigenvalue weighted by atomic mass is 16.5. The van der Waals surface area contributed by atoms with Gasteiger partial charge in [0.05, 0.1) is 18.3 Å². The monoisotopic (exact) mass is 245 g/mol. The number of esters is 1. The van der Waals surface area contributed by atoms with Gasteiger partial charge in [0.2, 0.25) is 0 Å². The maximum absolute atomic E-state index is 11.3. The average molecular weight is 245 g/mol. The molecule has 0 saturated heterocycles. The van der Waals surface area contributed by atoms with E-state index in [-0.39, 0.29) is 5.97 Å². The molecule has 0 aliphatic rings. The average Bonchev–Trinajstić information content (AvgIpc) is 2.76. The van der Waals surface area contributed by atoms with Crippen LogP contribution >= 0.6 is 0 Å². The Morgan fingerprint density at radius 2 is 2.39 bits per heavy atom. The Balaban J connectivity index is 2.10. The van der Waals surface area contributed by atoms with Crippen LogP contribution in [0.1, 0.15) is 13.8 Å². The molecule has 0 fully saturated rings. The van der Waals surface area contributed by atoms with Gasteiger partial charge >= 0.3 is 5.97 Å². The molecular formula is C13H15N3O2. The van der Waals surface area contributed by atoms with E-state index in [1.54, 1.807) is 13.1 Å². The number of anilines is 1. The van der Waals surface area contributed by atoms with Gasteiger partial charge in [-0.05, 0) is 32.0 Å². The number of rotatable bonds is 4. The van der Waals surface area contributed by atoms with Crippen molar-refractivity contribution in [1.82, 2.24) is 10.2 Å². The van der Waals surface area contributed by atoms with Crippen molar-refractivity contribution in [2.45, 2.75) is 13.8 Å². The van der Waals surface area contributed by atoms with Crippen LogP contribution in [0.15, 0.2) is 36.2 Å². The molecule has 2 N–H and O–H groups in total. The molecule has 0 aliphatic heterocycles. The number of carbonyl (C=O) groups is 1. The fourth-order valence-corrected chi connectivity index (χ4v) is 1.64. The lowest BCUT2D eigenvalue weighted by Crippen LogP contribution is -2.04. The van der Waals surface area contributed by atoms with E-state index in [1.165, 1.54) is 6.08 Å². The summed E-state index contributed by atoms with van der Waals surface area (Å²) in [6, 6.07) is 5.82. The Bertz CT molecular complexity index is 587. The quantitative estimate of drug-likeness (QED) is 0.641. The van der Waals surface area contributed by atoms with Crippen LogP contribution in [-0.4, -0.2) is 22.8 Å². The van der Waals surface area contributed by atoms with E-state index < -0.39 is 0 Å². The predicted molar refractivity (Wildman–Crippen MR) is 70.1 cm³/mol. The molecule has 0 amide bonds. The molecule has 0 bridgehead atoms. The minimum Gasteiger partial charge on any atom is -0.463 e. The van der Waals surface area contributed by atoms with Gasteiger partial charge in [0, 0.05) is 22.8 Å². The van der Waals surface area contributed by atoms with E-state index >= 15 is 0 Å². The number of fused-ring (bicyclic) bond motifs is 1.